The van der Waals surface area contributed by atoms with Crippen LogP contribution in [0.5, 0.6) is 0 Å². The predicted molar refractivity (Wildman–Crippen MR) is 162 cm³/mol. The summed E-state index contributed by atoms with van der Waals surface area (Å²) in [6.45, 7) is 7.30. The molecule has 1 aliphatic rings. The molecule has 1 heterocycles. The zero-order valence-electron chi connectivity index (χ0n) is 25.1. The van der Waals surface area contributed by atoms with Crippen molar-refractivity contribution in [1.82, 2.24) is 5.32 Å². The molecule has 0 saturated carbocycles. The monoisotopic (exact) mass is 667 g/mol. The minimum absolute atomic E-state index is 0.345. The molecule has 0 bridgehead atoms. The van der Waals surface area contributed by atoms with Crippen molar-refractivity contribution in [3.63, 3.8) is 0 Å². The van der Waals surface area contributed by atoms with E-state index < -0.39 is 72.8 Å². The van der Waals surface area contributed by atoms with Crippen LogP contribution in [0.15, 0.2) is 89.8 Å². The van der Waals surface area contributed by atoms with Crippen LogP contribution in [-0.2, 0) is 28.3 Å². The quantitative estimate of drug-likeness (QED) is 0.235. The van der Waals surface area contributed by atoms with Gasteiger partial charge in [-0.25, -0.2) is 0 Å². The first-order valence-corrected chi connectivity index (χ1v) is 17.4. The van der Waals surface area contributed by atoms with Gasteiger partial charge >= 0.3 is 12.1 Å². The molecule has 14 heteroatoms. The summed E-state index contributed by atoms with van der Waals surface area (Å²) in [6.07, 6.45) is -13.1. The molecule has 5 atom stereocenters. The van der Waals surface area contributed by atoms with Crippen LogP contribution in [0.2, 0.25) is 5.04 Å². The lowest BCUT2D eigenvalue weighted by Gasteiger charge is -2.46. The van der Waals surface area contributed by atoms with Crippen molar-refractivity contribution >= 4 is 34.7 Å². The van der Waals surface area contributed by atoms with E-state index in [1.807, 2.05) is 81.4 Å². The molecular weight excluding hydrogens is 631 g/mol. The first-order chi connectivity index (χ1) is 21.0. The Bertz CT molecular complexity index is 1510. The number of ether oxygens (including phenoxy) is 1. The molecule has 4 rings (SSSR count). The number of halogens is 3. The van der Waals surface area contributed by atoms with Gasteiger partial charge < -0.3 is 24.7 Å². The Morgan fingerprint density at radius 2 is 1.42 bits per heavy atom. The third-order valence-corrected chi connectivity index (χ3v) is 14.0. The first-order valence-electron chi connectivity index (χ1n) is 14.1. The molecule has 0 spiro atoms. The number of carbonyl (C=O) groups excluding carboxylic acids is 1. The summed E-state index contributed by atoms with van der Waals surface area (Å²) in [4.78, 5) is 11.5. The molecule has 1 saturated heterocycles. The van der Waals surface area contributed by atoms with E-state index in [2.05, 4.69) is 0 Å². The Kier molecular flexibility index (Phi) is 10.3. The fraction of sp³-hybridized carbons (Fsp3) is 0.387. The second kappa shape index (κ2) is 13.3. The number of rotatable bonds is 9. The van der Waals surface area contributed by atoms with Crippen molar-refractivity contribution in [3.05, 3.63) is 90.5 Å². The van der Waals surface area contributed by atoms with Crippen molar-refractivity contribution < 1.29 is 49.9 Å². The highest BCUT2D eigenvalue weighted by Gasteiger charge is 2.54. The number of hydrogen-bond donors (Lipinski definition) is 3. The lowest BCUT2D eigenvalue weighted by Crippen LogP contribution is -2.69. The van der Waals surface area contributed by atoms with Gasteiger partial charge in [-0.1, -0.05) is 99.1 Å². The Morgan fingerprint density at radius 1 is 0.911 bits per heavy atom. The Labute approximate surface area is 261 Å². The van der Waals surface area contributed by atoms with Crippen LogP contribution in [0.3, 0.4) is 0 Å². The van der Waals surface area contributed by atoms with Gasteiger partial charge in [-0.15, -0.1) is 0 Å². The van der Waals surface area contributed by atoms with E-state index >= 15 is 0 Å². The van der Waals surface area contributed by atoms with Gasteiger partial charge in [0.15, 0.2) is 6.29 Å². The molecule has 0 unspecified atom stereocenters. The zero-order chi connectivity index (χ0) is 33.2. The van der Waals surface area contributed by atoms with Crippen LogP contribution in [0.4, 0.5) is 13.2 Å². The molecule has 9 nitrogen and oxygen atoms in total. The van der Waals surface area contributed by atoms with Gasteiger partial charge in [0.05, 0.1) is 11.5 Å². The van der Waals surface area contributed by atoms with Gasteiger partial charge in [-0.3, -0.25) is 8.98 Å². The fourth-order valence-corrected chi connectivity index (χ4v) is 11.1. The molecular formula is C31H36F3NO8SSi. The molecule has 3 aromatic carbocycles. The van der Waals surface area contributed by atoms with Crippen molar-refractivity contribution in [2.75, 3.05) is 6.61 Å². The number of amides is 1. The minimum atomic E-state index is -5.38. The summed E-state index contributed by atoms with van der Waals surface area (Å²) >= 11 is 0. The van der Waals surface area contributed by atoms with E-state index in [9.17, 15) is 36.6 Å². The number of aliphatic hydroxyl groups excluding tert-OH is 2. The molecule has 0 aromatic heterocycles. The Balaban J connectivity index is 1.72. The van der Waals surface area contributed by atoms with Crippen molar-refractivity contribution in [1.29, 1.82) is 0 Å². The smallest absolute Gasteiger partial charge is 0.405 e. The van der Waals surface area contributed by atoms with E-state index in [0.29, 0.717) is 0 Å². The van der Waals surface area contributed by atoms with Crippen LogP contribution in [0.1, 0.15) is 26.3 Å². The van der Waals surface area contributed by atoms with E-state index in [-0.39, 0.29) is 4.90 Å². The summed E-state index contributed by atoms with van der Waals surface area (Å²) in [7, 11) is -7.93. The number of hydrogen-bond acceptors (Lipinski definition) is 8. The van der Waals surface area contributed by atoms with Crippen LogP contribution >= 0.6 is 0 Å². The summed E-state index contributed by atoms with van der Waals surface area (Å²) in [5, 5.41) is 25.0. The van der Waals surface area contributed by atoms with Crippen molar-refractivity contribution in [2.24, 2.45) is 0 Å². The van der Waals surface area contributed by atoms with E-state index in [4.69, 9.17) is 13.3 Å². The third kappa shape index (κ3) is 7.48. The molecule has 3 N–H and O–H groups in total. The minimum Gasteiger partial charge on any atom is -0.405 e. The zero-order valence-corrected chi connectivity index (χ0v) is 26.9. The van der Waals surface area contributed by atoms with Gasteiger partial charge in [0.1, 0.15) is 24.4 Å². The number of carbonyl (C=O) groups is 1. The summed E-state index contributed by atoms with van der Waals surface area (Å²) in [5.74, 6) is -2.48. The lowest BCUT2D eigenvalue weighted by molar-refractivity contribution is -0.250. The van der Waals surface area contributed by atoms with Gasteiger partial charge in [0, 0.05) is 0 Å². The average molecular weight is 668 g/mol. The van der Waals surface area contributed by atoms with Gasteiger partial charge in [-0.05, 0) is 34.5 Å². The number of aliphatic hydroxyl groups is 2. The van der Waals surface area contributed by atoms with Crippen LogP contribution in [0.25, 0.3) is 0 Å². The predicted octanol–water partition coefficient (Wildman–Crippen LogP) is 2.77. The molecule has 1 amide bonds. The van der Waals surface area contributed by atoms with E-state index in [0.717, 1.165) is 15.9 Å². The van der Waals surface area contributed by atoms with E-state index in [1.165, 1.54) is 29.6 Å². The van der Waals surface area contributed by atoms with Crippen LogP contribution < -0.4 is 15.7 Å². The van der Waals surface area contributed by atoms with E-state index in [1.54, 1.807) is 6.92 Å². The van der Waals surface area contributed by atoms with Crippen LogP contribution in [-0.4, -0.2) is 76.3 Å². The van der Waals surface area contributed by atoms with Gasteiger partial charge in [-0.2, -0.15) is 21.6 Å². The molecule has 0 radical (unpaired) electrons. The van der Waals surface area contributed by atoms with Gasteiger partial charge in [0.2, 0.25) is 0 Å². The first kappa shape index (κ1) is 34.8. The van der Waals surface area contributed by atoms with Crippen molar-refractivity contribution in [3.8, 4) is 0 Å². The van der Waals surface area contributed by atoms with Gasteiger partial charge in [0.25, 0.3) is 18.4 Å². The average Bonchev–Trinajstić information content (AvgIpc) is 2.97. The Hall–Kier alpha value is -3.11. The normalized spacial score (nSPS) is 23.0. The summed E-state index contributed by atoms with van der Waals surface area (Å²) in [6, 6.07) is 22.1. The standard InChI is InChI=1S/C31H36F3NO8SSi/c1-20-15-17-21(18-16-20)44(39,40)43-27-25(35-29(38)31(32,33)34)28(37)42-24(26(27)36)19-41-45(30(2,3)4,22-11-7-5-8-12-22)23-13-9-6-10-14-23/h5-18,24-28,36-37H,19H2,1-4H3,(H,35,38)/t24-,25-,26-,27-,28+/m1/s1. The Morgan fingerprint density at radius 3 is 1.89 bits per heavy atom. The highest BCUT2D eigenvalue weighted by atomic mass is 32.2. The largest absolute Gasteiger partial charge is 0.471 e. The number of alkyl halides is 3. The molecule has 45 heavy (non-hydrogen) atoms. The lowest BCUT2D eigenvalue weighted by atomic mass is 9.97. The molecule has 3 aromatic rings. The molecule has 244 valence electrons. The molecule has 1 fully saturated rings. The topological polar surface area (TPSA) is 131 Å². The number of benzene rings is 3. The maximum atomic E-state index is 13.2. The SMILES string of the molecule is Cc1ccc(S(=O)(=O)O[C@H]2[C@H](O)[C@@H](CO[Si](c3ccccc3)(c3ccccc3)C(C)(C)C)O[C@H](O)[C@@H]2NC(=O)C(F)(F)F)cc1. The maximum Gasteiger partial charge on any atom is 0.471 e. The maximum absolute atomic E-state index is 13.2. The second-order valence-electron chi connectivity index (χ2n) is 11.9. The molecule has 1 aliphatic heterocycles. The number of nitrogens with one attached hydrogen (secondary N) is 1. The molecule has 0 aliphatic carbocycles. The number of aryl methyl sites for hydroxylation is 1. The van der Waals surface area contributed by atoms with Crippen molar-refractivity contribution in [2.45, 2.75) is 74.4 Å². The second-order valence-corrected chi connectivity index (χ2v) is 17.7. The highest BCUT2D eigenvalue weighted by molar-refractivity contribution is 7.86. The fourth-order valence-electron chi connectivity index (χ4n) is 5.45. The highest BCUT2D eigenvalue weighted by Crippen LogP contribution is 2.38. The summed E-state index contributed by atoms with van der Waals surface area (Å²) < 4.78 is 83.5. The van der Waals surface area contributed by atoms with Crippen LogP contribution in [0, 0.1) is 6.92 Å². The third-order valence-electron chi connectivity index (χ3n) is 7.68. The summed E-state index contributed by atoms with van der Waals surface area (Å²) in [5.41, 5.74) is 0.728.